The number of fused-ring (bicyclic) bond motifs is 1. The number of carbonyl (C=O) groups is 1. The molecule has 9 heteroatoms. The maximum Gasteiger partial charge on any atom is 0.274 e. The number of hydrogen-bond donors (Lipinski definition) is 3. The summed E-state index contributed by atoms with van der Waals surface area (Å²) in [7, 11) is -3.56. The highest BCUT2D eigenvalue weighted by Crippen LogP contribution is 2.09. The zero-order valence-electron chi connectivity index (χ0n) is 15.4. The maximum absolute atomic E-state index is 12.2. The molecule has 2 aromatic carbocycles. The summed E-state index contributed by atoms with van der Waals surface area (Å²) in [5.41, 5.74) is 1.40. The minimum atomic E-state index is -3.56. The topological polar surface area (TPSA) is 113 Å². The first-order valence-corrected chi connectivity index (χ1v) is 10.4. The highest BCUT2D eigenvalue weighted by Gasteiger charge is 2.13. The molecule has 1 aromatic heterocycles. The quantitative estimate of drug-likeness (QED) is 0.490. The van der Waals surface area contributed by atoms with Crippen LogP contribution in [0.25, 0.3) is 10.9 Å². The first-order chi connectivity index (χ1) is 13.4. The van der Waals surface area contributed by atoms with Gasteiger partial charge >= 0.3 is 0 Å². The molecule has 3 rings (SSSR count). The molecule has 3 aromatic rings. The van der Waals surface area contributed by atoms with Crippen molar-refractivity contribution in [3.63, 3.8) is 0 Å². The Labute approximate surface area is 162 Å². The summed E-state index contributed by atoms with van der Waals surface area (Å²) in [5.74, 6) is -0.324. The molecule has 148 valence electrons. The third-order valence-corrected chi connectivity index (χ3v) is 5.74. The Hall–Kier alpha value is -2.91. The minimum Gasteiger partial charge on any atom is -0.354 e. The number of benzene rings is 2. The third-order valence-electron chi connectivity index (χ3n) is 4.26. The third kappa shape index (κ3) is 4.68. The van der Waals surface area contributed by atoms with E-state index in [1.165, 1.54) is 4.68 Å². The molecule has 0 fully saturated rings. The van der Waals surface area contributed by atoms with Gasteiger partial charge in [-0.3, -0.25) is 14.7 Å². The fourth-order valence-corrected chi connectivity index (χ4v) is 3.82. The number of hydrogen-bond acceptors (Lipinski definition) is 4. The van der Waals surface area contributed by atoms with Gasteiger partial charge in [0.15, 0.2) is 0 Å². The second-order valence-corrected chi connectivity index (χ2v) is 8.23. The summed E-state index contributed by atoms with van der Waals surface area (Å²) in [6, 6.07) is 13.6. The standard InChI is InChI=1S/C19H22N4O4S/c1-14-7-9-15(10-8-14)28(26,27)21-12-4-11-20-18(24)13-23-19(25)16-5-2-3-6-17(16)22-23/h2-3,5-10,21-22H,4,11-13H2,1H3,(H,20,24). The number of aryl methyl sites for hydroxylation is 1. The van der Waals surface area contributed by atoms with Gasteiger partial charge in [0.2, 0.25) is 15.9 Å². The summed E-state index contributed by atoms with van der Waals surface area (Å²) in [6.07, 6.45) is 0.429. The molecule has 3 N–H and O–H groups in total. The summed E-state index contributed by atoms with van der Waals surface area (Å²) in [5, 5.41) is 6.10. The van der Waals surface area contributed by atoms with E-state index in [1.54, 1.807) is 48.5 Å². The van der Waals surface area contributed by atoms with Gasteiger partial charge in [0.25, 0.3) is 5.56 Å². The highest BCUT2D eigenvalue weighted by atomic mass is 32.2. The lowest BCUT2D eigenvalue weighted by Gasteiger charge is -2.08. The molecule has 8 nitrogen and oxygen atoms in total. The average Bonchev–Trinajstić information content (AvgIpc) is 2.97. The Bertz CT molecular complexity index is 1130. The average molecular weight is 402 g/mol. The molecule has 0 saturated heterocycles. The Balaban J connectivity index is 1.44. The van der Waals surface area contributed by atoms with Gasteiger partial charge in [0.1, 0.15) is 6.54 Å². The Morgan fingerprint density at radius 3 is 2.50 bits per heavy atom. The fourth-order valence-electron chi connectivity index (χ4n) is 2.74. The number of nitrogens with zero attached hydrogens (tertiary/aromatic N) is 1. The van der Waals surface area contributed by atoms with E-state index >= 15 is 0 Å². The first kappa shape index (κ1) is 19.8. The van der Waals surface area contributed by atoms with Crippen LogP contribution >= 0.6 is 0 Å². The van der Waals surface area contributed by atoms with Crippen molar-refractivity contribution < 1.29 is 13.2 Å². The molecule has 0 unspecified atom stereocenters. The molecule has 1 amide bonds. The number of aromatic amines is 1. The van der Waals surface area contributed by atoms with Crippen LogP contribution in [0.4, 0.5) is 0 Å². The van der Waals surface area contributed by atoms with Gasteiger partial charge < -0.3 is 5.32 Å². The molecular weight excluding hydrogens is 380 g/mol. The smallest absolute Gasteiger partial charge is 0.274 e. The molecule has 0 radical (unpaired) electrons. The van der Waals surface area contributed by atoms with Crippen LogP contribution in [0, 0.1) is 6.92 Å². The summed E-state index contributed by atoms with van der Waals surface area (Å²) >= 11 is 0. The van der Waals surface area contributed by atoms with Crippen molar-refractivity contribution >= 4 is 26.8 Å². The molecule has 0 saturated carbocycles. The van der Waals surface area contributed by atoms with Crippen LogP contribution in [-0.2, 0) is 21.4 Å². The van der Waals surface area contributed by atoms with Gasteiger partial charge in [0, 0.05) is 13.1 Å². The number of rotatable bonds is 8. The first-order valence-electron chi connectivity index (χ1n) is 8.87. The number of para-hydroxylation sites is 1. The minimum absolute atomic E-state index is 0.122. The van der Waals surface area contributed by atoms with E-state index in [0.717, 1.165) is 5.56 Å². The van der Waals surface area contributed by atoms with Crippen molar-refractivity contribution in [1.29, 1.82) is 0 Å². The van der Waals surface area contributed by atoms with E-state index in [2.05, 4.69) is 15.1 Å². The second-order valence-electron chi connectivity index (χ2n) is 6.46. The molecule has 0 aliphatic carbocycles. The van der Waals surface area contributed by atoms with Crippen molar-refractivity contribution in [1.82, 2.24) is 19.8 Å². The summed E-state index contributed by atoms with van der Waals surface area (Å²) < 4.78 is 28.1. The molecule has 28 heavy (non-hydrogen) atoms. The number of nitrogens with one attached hydrogen (secondary N) is 3. The van der Waals surface area contributed by atoms with Crippen LogP contribution in [0.3, 0.4) is 0 Å². The van der Waals surface area contributed by atoms with Crippen LogP contribution in [0.2, 0.25) is 0 Å². The molecule has 0 aliphatic rings. The zero-order valence-corrected chi connectivity index (χ0v) is 16.3. The predicted octanol–water partition coefficient (Wildman–Crippen LogP) is 1.12. The molecule has 1 heterocycles. The van der Waals surface area contributed by atoms with Crippen molar-refractivity contribution in [2.24, 2.45) is 0 Å². The summed E-state index contributed by atoms with van der Waals surface area (Å²) in [6.45, 7) is 2.26. The van der Waals surface area contributed by atoms with Gasteiger partial charge in [-0.1, -0.05) is 29.8 Å². The number of aromatic nitrogens is 2. The lowest BCUT2D eigenvalue weighted by Crippen LogP contribution is -2.34. The molecule has 0 atom stereocenters. The van der Waals surface area contributed by atoms with Crippen LogP contribution < -0.4 is 15.6 Å². The normalized spacial score (nSPS) is 11.6. The van der Waals surface area contributed by atoms with Crippen molar-refractivity contribution in [2.75, 3.05) is 13.1 Å². The van der Waals surface area contributed by atoms with E-state index in [-0.39, 0.29) is 29.5 Å². The van der Waals surface area contributed by atoms with E-state index < -0.39 is 10.0 Å². The number of amides is 1. The Morgan fingerprint density at radius 2 is 1.79 bits per heavy atom. The Kier molecular flexibility index (Phi) is 5.96. The van der Waals surface area contributed by atoms with Crippen molar-refractivity contribution in [2.45, 2.75) is 24.8 Å². The van der Waals surface area contributed by atoms with Crippen molar-refractivity contribution in [3.05, 3.63) is 64.4 Å². The molecule has 0 aliphatic heterocycles. The lowest BCUT2D eigenvalue weighted by molar-refractivity contribution is -0.121. The fraction of sp³-hybridized carbons (Fsp3) is 0.263. The molecule has 0 spiro atoms. The maximum atomic E-state index is 12.2. The van der Waals surface area contributed by atoms with E-state index in [4.69, 9.17) is 0 Å². The second kappa shape index (κ2) is 8.41. The monoisotopic (exact) mass is 402 g/mol. The van der Waals surface area contributed by atoms with Crippen molar-refractivity contribution in [3.8, 4) is 0 Å². The van der Waals surface area contributed by atoms with Gasteiger partial charge in [-0.25, -0.2) is 17.8 Å². The van der Waals surface area contributed by atoms with Gasteiger partial charge in [0.05, 0.1) is 15.8 Å². The molecule has 0 bridgehead atoms. The highest BCUT2D eigenvalue weighted by molar-refractivity contribution is 7.89. The van der Waals surface area contributed by atoms with E-state index in [1.807, 2.05) is 6.92 Å². The van der Waals surface area contributed by atoms with Crippen LogP contribution in [-0.4, -0.2) is 37.2 Å². The van der Waals surface area contributed by atoms with Gasteiger partial charge in [-0.2, -0.15) is 0 Å². The predicted molar refractivity (Wildman–Crippen MR) is 107 cm³/mol. The van der Waals surface area contributed by atoms with Gasteiger partial charge in [-0.05, 0) is 37.6 Å². The van der Waals surface area contributed by atoms with Crippen LogP contribution in [0.15, 0.2) is 58.2 Å². The SMILES string of the molecule is Cc1ccc(S(=O)(=O)NCCCNC(=O)Cn2[nH]c3ccccc3c2=O)cc1. The van der Waals surface area contributed by atoms with E-state index in [0.29, 0.717) is 23.9 Å². The lowest BCUT2D eigenvalue weighted by atomic mass is 10.2. The zero-order chi connectivity index (χ0) is 20.1. The number of sulfonamides is 1. The largest absolute Gasteiger partial charge is 0.354 e. The van der Waals surface area contributed by atoms with Gasteiger partial charge in [-0.15, -0.1) is 0 Å². The summed E-state index contributed by atoms with van der Waals surface area (Å²) in [4.78, 5) is 24.4. The molecular formula is C19H22N4O4S. The van der Waals surface area contributed by atoms with Crippen LogP contribution in [0.1, 0.15) is 12.0 Å². The van der Waals surface area contributed by atoms with Crippen LogP contribution in [0.5, 0.6) is 0 Å². The number of carbonyl (C=O) groups excluding carboxylic acids is 1. The van der Waals surface area contributed by atoms with E-state index in [9.17, 15) is 18.0 Å². The Morgan fingerprint density at radius 1 is 1.07 bits per heavy atom. The number of H-pyrrole nitrogens is 1.